The van der Waals surface area contributed by atoms with Crippen LogP contribution in [0.4, 0.5) is 0 Å². The van der Waals surface area contributed by atoms with Gasteiger partial charge in [0.05, 0.1) is 29.6 Å². The van der Waals surface area contributed by atoms with Crippen LogP contribution in [0.3, 0.4) is 0 Å². The third-order valence-corrected chi connectivity index (χ3v) is 7.60. The van der Waals surface area contributed by atoms with E-state index in [1.165, 1.54) is 12.8 Å². The molecule has 5 rings (SSSR count). The number of piperidine rings is 1. The molecule has 3 aromatic rings. The van der Waals surface area contributed by atoms with Gasteiger partial charge in [0.25, 0.3) is 5.91 Å². The molecule has 1 saturated heterocycles. The van der Waals surface area contributed by atoms with Crippen LogP contribution in [0, 0.1) is 22.7 Å². The molecular weight excluding hydrogens is 494 g/mol. The maximum atomic E-state index is 13.5. The maximum absolute atomic E-state index is 13.5. The number of likely N-dealkylation sites (tertiary alicyclic amines) is 1. The highest BCUT2D eigenvalue weighted by atomic mass is 16.5. The molecule has 1 aliphatic carbocycles. The highest BCUT2D eigenvalue weighted by Crippen LogP contribution is 2.28. The molecular formula is C29H35N7O3. The number of nitrogens with one attached hydrogen (secondary N) is 2. The zero-order chi connectivity index (χ0) is 27.6. The van der Waals surface area contributed by atoms with E-state index in [4.69, 9.17) is 9.72 Å². The minimum Gasteiger partial charge on any atom is -0.490 e. The Morgan fingerprint density at radius 2 is 1.90 bits per heavy atom. The van der Waals surface area contributed by atoms with Gasteiger partial charge in [-0.15, -0.1) is 0 Å². The molecule has 10 nitrogen and oxygen atoms in total. The summed E-state index contributed by atoms with van der Waals surface area (Å²) < 4.78 is 6.12. The van der Waals surface area contributed by atoms with Crippen LogP contribution in [-0.2, 0) is 4.79 Å². The fraction of sp³-hybridized carbons (Fsp3) is 0.517. The van der Waals surface area contributed by atoms with Crippen molar-refractivity contribution >= 4 is 23.0 Å². The zero-order valence-electron chi connectivity index (χ0n) is 22.7. The molecule has 1 saturated carbocycles. The Morgan fingerprint density at radius 1 is 1.15 bits per heavy atom. The molecule has 1 atom stereocenters. The molecule has 2 amide bonds. The number of carbonyl (C=O) groups is 2. The van der Waals surface area contributed by atoms with E-state index in [9.17, 15) is 14.9 Å². The topological polar surface area (TPSA) is 137 Å². The Bertz CT molecular complexity index is 1390. The summed E-state index contributed by atoms with van der Waals surface area (Å²) in [5, 5.41) is 12.2. The van der Waals surface area contributed by atoms with E-state index in [0.717, 1.165) is 18.6 Å². The van der Waals surface area contributed by atoms with Crippen molar-refractivity contribution in [1.29, 1.82) is 5.26 Å². The molecule has 0 radical (unpaired) electrons. The average Bonchev–Trinajstić information content (AvgIpc) is 3.60. The van der Waals surface area contributed by atoms with Crippen molar-refractivity contribution in [1.82, 2.24) is 30.2 Å². The van der Waals surface area contributed by atoms with Gasteiger partial charge < -0.3 is 19.9 Å². The first-order valence-electron chi connectivity index (χ1n) is 13.7. The van der Waals surface area contributed by atoms with Gasteiger partial charge in [0.1, 0.15) is 23.0 Å². The molecule has 0 unspecified atom stereocenters. The Labute approximate surface area is 228 Å². The number of hydrogen-bond acceptors (Lipinski definition) is 7. The Kier molecular flexibility index (Phi) is 7.51. The van der Waals surface area contributed by atoms with Crippen LogP contribution in [0.25, 0.3) is 22.6 Å². The number of aromatic amines is 1. The van der Waals surface area contributed by atoms with Crippen molar-refractivity contribution < 1.29 is 14.3 Å². The molecule has 0 spiro atoms. The van der Waals surface area contributed by atoms with Gasteiger partial charge in [-0.3, -0.25) is 14.6 Å². The lowest BCUT2D eigenvalue weighted by Gasteiger charge is -2.37. The van der Waals surface area contributed by atoms with Crippen molar-refractivity contribution in [3.8, 4) is 23.2 Å². The molecule has 0 aromatic carbocycles. The third kappa shape index (κ3) is 5.87. The number of pyridine rings is 1. The molecule has 39 heavy (non-hydrogen) atoms. The average molecular weight is 530 g/mol. The number of rotatable bonds is 6. The second-order valence-electron chi connectivity index (χ2n) is 11.6. The highest BCUT2D eigenvalue weighted by Gasteiger charge is 2.37. The Morgan fingerprint density at radius 3 is 2.59 bits per heavy atom. The molecule has 204 valence electrons. The molecule has 3 aromatic heterocycles. The van der Waals surface area contributed by atoms with Crippen LogP contribution in [0.2, 0.25) is 0 Å². The van der Waals surface area contributed by atoms with Crippen molar-refractivity contribution in [2.75, 3.05) is 13.1 Å². The van der Waals surface area contributed by atoms with Gasteiger partial charge in [0.15, 0.2) is 5.65 Å². The number of carbonyl (C=O) groups excluding carboxylic acids is 2. The largest absolute Gasteiger partial charge is 0.490 e. The summed E-state index contributed by atoms with van der Waals surface area (Å²) in [6.07, 6.45) is 10.9. The molecule has 2 fully saturated rings. The Hall–Kier alpha value is -4.00. The first kappa shape index (κ1) is 26.6. The van der Waals surface area contributed by atoms with Crippen LogP contribution in [0.5, 0.6) is 5.75 Å². The molecule has 2 aliphatic rings. The minimum atomic E-state index is -0.740. The minimum absolute atomic E-state index is 0.0276. The fourth-order valence-electron chi connectivity index (χ4n) is 5.28. The van der Waals surface area contributed by atoms with Gasteiger partial charge in [-0.2, -0.15) is 5.26 Å². The summed E-state index contributed by atoms with van der Waals surface area (Å²) in [6.45, 7) is 6.81. The van der Waals surface area contributed by atoms with E-state index >= 15 is 0 Å². The van der Waals surface area contributed by atoms with E-state index in [-0.39, 0.29) is 17.9 Å². The molecule has 4 heterocycles. The number of fused-ring (bicyclic) bond motifs is 1. The van der Waals surface area contributed by atoms with E-state index in [0.29, 0.717) is 54.0 Å². The number of nitriles is 1. The number of aromatic nitrogens is 4. The van der Waals surface area contributed by atoms with Crippen LogP contribution >= 0.6 is 0 Å². The van der Waals surface area contributed by atoms with Crippen molar-refractivity contribution in [3.63, 3.8) is 0 Å². The highest BCUT2D eigenvalue weighted by molar-refractivity contribution is 6.06. The van der Waals surface area contributed by atoms with Crippen molar-refractivity contribution in [2.24, 2.45) is 11.3 Å². The molecule has 1 aliphatic heterocycles. The van der Waals surface area contributed by atoms with Crippen LogP contribution in [-0.4, -0.2) is 61.9 Å². The standard InChI is InChI=1S/C29H35N7O3/c1-29(2,3)25(28(38)36-12-9-18(15-30)10-13-36)35-27(37)21-16-32-26-24(21)34-23(17-33-26)22-14-20(8-11-31-22)39-19-6-4-5-7-19/h8,11,14,16-19,25H,4-7,9-10,12-13H2,1-3H3,(H,32,33)(H,35,37)/t25-/m0/s1. The first-order valence-corrected chi connectivity index (χ1v) is 13.7. The maximum Gasteiger partial charge on any atom is 0.255 e. The van der Waals surface area contributed by atoms with Gasteiger partial charge in [-0.1, -0.05) is 20.8 Å². The lowest BCUT2D eigenvalue weighted by Crippen LogP contribution is -2.56. The fourth-order valence-corrected chi connectivity index (χ4v) is 5.28. The lowest BCUT2D eigenvalue weighted by atomic mass is 9.85. The molecule has 0 bridgehead atoms. The summed E-state index contributed by atoms with van der Waals surface area (Å²) in [6, 6.07) is 5.24. The summed E-state index contributed by atoms with van der Waals surface area (Å²) in [5.74, 6) is 0.174. The zero-order valence-corrected chi connectivity index (χ0v) is 22.7. The molecule has 10 heteroatoms. The first-order chi connectivity index (χ1) is 18.7. The normalized spacial score (nSPS) is 17.6. The van der Waals surface area contributed by atoms with Gasteiger partial charge in [-0.05, 0) is 50.0 Å². The van der Waals surface area contributed by atoms with E-state index in [2.05, 4.69) is 26.3 Å². The van der Waals surface area contributed by atoms with Gasteiger partial charge in [0.2, 0.25) is 5.91 Å². The summed E-state index contributed by atoms with van der Waals surface area (Å²) in [5.41, 5.74) is 1.80. The monoisotopic (exact) mass is 529 g/mol. The number of ether oxygens (including phenoxy) is 1. The van der Waals surface area contributed by atoms with Crippen LogP contribution < -0.4 is 10.1 Å². The quantitative estimate of drug-likeness (QED) is 0.487. The second-order valence-corrected chi connectivity index (χ2v) is 11.6. The van der Waals surface area contributed by atoms with E-state index < -0.39 is 17.4 Å². The SMILES string of the molecule is CC(C)(C)[C@@H](NC(=O)c1c[nH]c2ncc(-c3cc(OC4CCCC4)ccn3)nc12)C(=O)N1CCC(C#N)CC1. The number of amides is 2. The second kappa shape index (κ2) is 11.0. The summed E-state index contributed by atoms with van der Waals surface area (Å²) in [7, 11) is 0. The van der Waals surface area contributed by atoms with Crippen molar-refractivity contribution in [2.45, 2.75) is 71.4 Å². The van der Waals surface area contributed by atoms with E-state index in [1.54, 1.807) is 23.5 Å². The molecule has 2 N–H and O–H groups in total. The summed E-state index contributed by atoms with van der Waals surface area (Å²) in [4.78, 5) is 45.4. The predicted molar refractivity (Wildman–Crippen MR) is 146 cm³/mol. The van der Waals surface area contributed by atoms with Gasteiger partial charge in [0, 0.05) is 37.5 Å². The number of hydrogen-bond donors (Lipinski definition) is 2. The number of H-pyrrole nitrogens is 1. The van der Waals surface area contributed by atoms with Crippen LogP contribution in [0.15, 0.2) is 30.7 Å². The van der Waals surface area contributed by atoms with E-state index in [1.807, 2.05) is 32.9 Å². The van der Waals surface area contributed by atoms with Gasteiger partial charge in [-0.25, -0.2) is 9.97 Å². The van der Waals surface area contributed by atoms with Gasteiger partial charge >= 0.3 is 0 Å². The Balaban J connectivity index is 1.36. The lowest BCUT2D eigenvalue weighted by molar-refractivity contribution is -0.137. The van der Waals surface area contributed by atoms with Crippen molar-refractivity contribution in [3.05, 3.63) is 36.3 Å². The third-order valence-electron chi connectivity index (χ3n) is 7.60. The van der Waals surface area contributed by atoms with Crippen LogP contribution in [0.1, 0.15) is 69.7 Å². The predicted octanol–water partition coefficient (Wildman–Crippen LogP) is 4.25. The number of nitrogens with zero attached hydrogens (tertiary/aromatic N) is 5. The summed E-state index contributed by atoms with van der Waals surface area (Å²) >= 11 is 0. The smallest absolute Gasteiger partial charge is 0.255 e.